The number of carbonyl (C=O) groups excluding carboxylic acids is 1. The van der Waals surface area contributed by atoms with Crippen LogP contribution in [0.2, 0.25) is 0 Å². The molecule has 5 nitrogen and oxygen atoms in total. The van der Waals surface area contributed by atoms with E-state index in [1.165, 1.54) is 18.5 Å². The summed E-state index contributed by atoms with van der Waals surface area (Å²) >= 11 is 0. The monoisotopic (exact) mass is 359 g/mol. The van der Waals surface area contributed by atoms with Crippen molar-refractivity contribution in [2.45, 2.75) is 69.4 Å². The molecule has 1 heterocycles. The van der Waals surface area contributed by atoms with Crippen LogP contribution in [0.1, 0.15) is 69.0 Å². The van der Waals surface area contributed by atoms with Gasteiger partial charge in [-0.2, -0.15) is 5.10 Å². The molecule has 0 bridgehead atoms. The molecule has 0 spiro atoms. The second kappa shape index (κ2) is 6.21. The van der Waals surface area contributed by atoms with E-state index in [0.717, 1.165) is 24.8 Å². The predicted octanol–water partition coefficient (Wildman–Crippen LogP) is 4.50. The van der Waals surface area contributed by atoms with Crippen LogP contribution in [0.15, 0.2) is 0 Å². The molecule has 1 amide bonds. The van der Waals surface area contributed by atoms with E-state index in [1.807, 2.05) is 0 Å². The molecule has 1 N–H and O–H groups in total. The Bertz CT molecular complexity index is 655. The van der Waals surface area contributed by atoms with E-state index in [9.17, 15) is 18.0 Å². The van der Waals surface area contributed by atoms with Crippen molar-refractivity contribution in [3.8, 4) is 0 Å². The largest absolute Gasteiger partial charge is 0.446 e. The lowest BCUT2D eigenvalue weighted by Gasteiger charge is -2.36. The highest BCUT2D eigenvalue weighted by atomic mass is 19.3. The Labute approximate surface area is 144 Å². The minimum Gasteiger partial charge on any atom is -0.446 e. The highest BCUT2D eigenvalue weighted by Crippen LogP contribution is 2.52. The fourth-order valence-corrected chi connectivity index (χ4v) is 3.33. The number of aromatic nitrogens is 2. The van der Waals surface area contributed by atoms with Crippen LogP contribution in [0.5, 0.6) is 0 Å². The lowest BCUT2D eigenvalue weighted by Crippen LogP contribution is -2.34. The summed E-state index contributed by atoms with van der Waals surface area (Å²) in [7, 11) is 1.66. The number of anilines is 1. The van der Waals surface area contributed by atoms with E-state index >= 15 is 0 Å². The quantitative estimate of drug-likeness (QED) is 0.842. The molecule has 0 radical (unpaired) electrons. The van der Waals surface area contributed by atoms with Crippen LogP contribution >= 0.6 is 0 Å². The first-order valence-corrected chi connectivity index (χ1v) is 8.63. The van der Waals surface area contributed by atoms with Crippen LogP contribution in [0.3, 0.4) is 0 Å². The number of rotatable bonds is 5. The highest BCUT2D eigenvalue weighted by Gasteiger charge is 2.49. The normalized spacial score (nSPS) is 20.7. The summed E-state index contributed by atoms with van der Waals surface area (Å²) < 4.78 is 46.4. The number of nitrogens with one attached hydrogen (secondary N) is 1. The van der Waals surface area contributed by atoms with Gasteiger partial charge in [0.15, 0.2) is 0 Å². The van der Waals surface area contributed by atoms with Gasteiger partial charge in [0.25, 0.3) is 0 Å². The van der Waals surface area contributed by atoms with Gasteiger partial charge < -0.3 is 4.74 Å². The first-order valence-electron chi connectivity index (χ1n) is 8.63. The molecule has 2 fully saturated rings. The second-order valence-electron chi connectivity index (χ2n) is 7.78. The number of ether oxygens (including phenoxy) is 1. The van der Waals surface area contributed by atoms with Crippen molar-refractivity contribution in [1.82, 2.24) is 9.78 Å². The number of hydrogen-bond acceptors (Lipinski definition) is 3. The molecule has 0 saturated heterocycles. The van der Waals surface area contributed by atoms with Gasteiger partial charge in [0.05, 0.1) is 5.69 Å². The van der Waals surface area contributed by atoms with Gasteiger partial charge in [-0.25, -0.2) is 18.0 Å². The average molecular weight is 359 g/mol. The first-order chi connectivity index (χ1) is 11.6. The van der Waals surface area contributed by atoms with Crippen molar-refractivity contribution in [2.24, 2.45) is 7.05 Å². The molecular weight excluding hydrogens is 335 g/mol. The van der Waals surface area contributed by atoms with Gasteiger partial charge in [0.2, 0.25) is 5.92 Å². The molecular formula is C17H24F3N3O2. The summed E-state index contributed by atoms with van der Waals surface area (Å²) in [6.45, 7) is 2.27. The van der Waals surface area contributed by atoms with Crippen LogP contribution < -0.4 is 5.32 Å². The summed E-state index contributed by atoms with van der Waals surface area (Å²) in [6.07, 6.45) is 1.79. The van der Waals surface area contributed by atoms with Crippen LogP contribution in [0, 0.1) is 0 Å². The second-order valence-corrected chi connectivity index (χ2v) is 7.78. The Kier molecular flexibility index (Phi) is 4.49. The summed E-state index contributed by atoms with van der Waals surface area (Å²) in [5.41, 5.74) is -0.131. The van der Waals surface area contributed by atoms with Crippen molar-refractivity contribution in [1.29, 1.82) is 0 Å². The third-order valence-electron chi connectivity index (χ3n) is 4.87. The minimum absolute atomic E-state index is 0.205. The van der Waals surface area contributed by atoms with Gasteiger partial charge in [0.1, 0.15) is 18.1 Å². The van der Waals surface area contributed by atoms with Crippen molar-refractivity contribution < 1.29 is 22.7 Å². The summed E-state index contributed by atoms with van der Waals surface area (Å²) in [5.74, 6) is -2.23. The SMILES string of the molecule is Cn1nc(C2CC(F)(F)C2)c(C2CCC2)c1NC(=O)OCC(C)(C)F. The molecule has 1 aromatic heterocycles. The number of hydrogen-bond donors (Lipinski definition) is 1. The van der Waals surface area contributed by atoms with Crippen LogP contribution in [-0.4, -0.2) is 34.1 Å². The standard InChI is InChI=1S/C17H24F3N3O2/c1-16(2,18)9-25-15(24)21-14-12(10-5-4-6-10)13(22-23(14)3)11-7-17(19,20)8-11/h10-11H,4-9H2,1-3H3,(H,21,24). The summed E-state index contributed by atoms with van der Waals surface area (Å²) in [6, 6.07) is 0. The zero-order valence-electron chi connectivity index (χ0n) is 14.7. The van der Waals surface area contributed by atoms with E-state index in [-0.39, 0.29) is 31.3 Å². The molecule has 140 valence electrons. The van der Waals surface area contributed by atoms with Gasteiger partial charge in [-0.1, -0.05) is 6.42 Å². The topological polar surface area (TPSA) is 56.2 Å². The number of carbonyl (C=O) groups is 1. The van der Waals surface area contributed by atoms with E-state index in [0.29, 0.717) is 11.5 Å². The van der Waals surface area contributed by atoms with Crippen molar-refractivity contribution in [3.63, 3.8) is 0 Å². The van der Waals surface area contributed by atoms with Crippen LogP contribution in [-0.2, 0) is 11.8 Å². The van der Waals surface area contributed by atoms with Crippen molar-refractivity contribution in [3.05, 3.63) is 11.3 Å². The third kappa shape index (κ3) is 3.93. The predicted molar refractivity (Wildman–Crippen MR) is 86.9 cm³/mol. The van der Waals surface area contributed by atoms with Gasteiger partial charge >= 0.3 is 6.09 Å². The molecule has 2 saturated carbocycles. The number of nitrogens with zero attached hydrogens (tertiary/aromatic N) is 2. The number of aryl methyl sites for hydroxylation is 1. The highest BCUT2D eigenvalue weighted by molar-refractivity contribution is 5.85. The third-order valence-corrected chi connectivity index (χ3v) is 4.87. The molecule has 1 aromatic rings. The van der Waals surface area contributed by atoms with Crippen molar-refractivity contribution >= 4 is 11.9 Å². The molecule has 0 unspecified atom stereocenters. The van der Waals surface area contributed by atoms with Gasteiger partial charge in [-0.15, -0.1) is 0 Å². The lowest BCUT2D eigenvalue weighted by molar-refractivity contribution is -0.0879. The van der Waals surface area contributed by atoms with E-state index < -0.39 is 17.7 Å². The molecule has 2 aliphatic carbocycles. The average Bonchev–Trinajstić information content (AvgIpc) is 2.69. The Balaban J connectivity index is 1.78. The summed E-state index contributed by atoms with van der Waals surface area (Å²) in [4.78, 5) is 12.0. The minimum atomic E-state index is -2.63. The fourth-order valence-electron chi connectivity index (χ4n) is 3.33. The molecule has 0 aliphatic heterocycles. The Morgan fingerprint density at radius 3 is 2.48 bits per heavy atom. The molecule has 0 atom stereocenters. The zero-order valence-corrected chi connectivity index (χ0v) is 14.7. The van der Waals surface area contributed by atoms with Crippen LogP contribution in [0.4, 0.5) is 23.8 Å². The molecule has 8 heteroatoms. The number of halogens is 3. The molecule has 3 rings (SSSR count). The molecule has 0 aromatic carbocycles. The number of alkyl halides is 3. The van der Waals surface area contributed by atoms with E-state index in [4.69, 9.17) is 4.74 Å². The lowest BCUT2D eigenvalue weighted by atomic mass is 9.73. The van der Waals surface area contributed by atoms with E-state index in [1.54, 1.807) is 7.05 Å². The maximum Gasteiger partial charge on any atom is 0.412 e. The van der Waals surface area contributed by atoms with Crippen LogP contribution in [0.25, 0.3) is 0 Å². The Hall–Kier alpha value is -1.73. The Morgan fingerprint density at radius 1 is 1.36 bits per heavy atom. The Morgan fingerprint density at radius 2 is 2.00 bits per heavy atom. The van der Waals surface area contributed by atoms with Gasteiger partial charge in [0, 0.05) is 31.4 Å². The maximum atomic E-state index is 13.5. The number of amides is 1. The molecule has 2 aliphatic rings. The first kappa shape index (κ1) is 18.1. The van der Waals surface area contributed by atoms with E-state index in [2.05, 4.69) is 10.4 Å². The maximum absolute atomic E-state index is 13.5. The summed E-state index contributed by atoms with van der Waals surface area (Å²) in [5, 5.41) is 7.03. The smallest absolute Gasteiger partial charge is 0.412 e. The zero-order chi connectivity index (χ0) is 18.4. The van der Waals surface area contributed by atoms with Gasteiger partial charge in [-0.05, 0) is 32.6 Å². The molecule has 25 heavy (non-hydrogen) atoms. The van der Waals surface area contributed by atoms with Gasteiger partial charge in [-0.3, -0.25) is 10.00 Å². The van der Waals surface area contributed by atoms with Crippen molar-refractivity contribution in [2.75, 3.05) is 11.9 Å². The fraction of sp³-hybridized carbons (Fsp3) is 0.765.